The highest BCUT2D eigenvalue weighted by Crippen LogP contribution is 2.28. The van der Waals surface area contributed by atoms with E-state index in [1.165, 1.54) is 16.2 Å². The molecule has 1 nitrogen and oxygen atoms in total. The molecule has 3 heteroatoms. The summed E-state index contributed by atoms with van der Waals surface area (Å²) in [6.45, 7) is 3.08. The van der Waals surface area contributed by atoms with Crippen LogP contribution in [0.5, 0.6) is 0 Å². The molecule has 1 aliphatic rings. The first-order valence-corrected chi connectivity index (χ1v) is 6.64. The van der Waals surface area contributed by atoms with Gasteiger partial charge in [0, 0.05) is 16.1 Å². The summed E-state index contributed by atoms with van der Waals surface area (Å²) in [5, 5.41) is 2.84. The molecule has 0 radical (unpaired) electrons. The molecule has 1 atom stereocenters. The van der Waals surface area contributed by atoms with Gasteiger partial charge in [-0.2, -0.15) is 0 Å². The Balaban J connectivity index is 2.22. The van der Waals surface area contributed by atoms with Crippen LogP contribution in [-0.4, -0.2) is 22.2 Å². The quantitative estimate of drug-likeness (QED) is 0.751. The van der Waals surface area contributed by atoms with Gasteiger partial charge in [0.25, 0.3) is 0 Å². The second-order valence-electron chi connectivity index (χ2n) is 3.35. The summed E-state index contributed by atoms with van der Waals surface area (Å²) >= 11 is 5.38. The largest absolute Gasteiger partial charge is 0.277 e. The third kappa shape index (κ3) is 2.04. The maximum atomic E-state index is 4.57. The zero-order chi connectivity index (χ0) is 9.97. The van der Waals surface area contributed by atoms with E-state index in [1.807, 2.05) is 11.8 Å². The van der Waals surface area contributed by atoms with E-state index >= 15 is 0 Å². The molecule has 0 saturated heterocycles. The molecule has 1 heterocycles. The van der Waals surface area contributed by atoms with Gasteiger partial charge in [-0.15, -0.1) is 11.8 Å². The van der Waals surface area contributed by atoms with Gasteiger partial charge in [-0.25, -0.2) is 0 Å². The molecule has 14 heavy (non-hydrogen) atoms. The fourth-order valence-corrected chi connectivity index (χ4v) is 3.09. The summed E-state index contributed by atoms with van der Waals surface area (Å²) in [4.78, 5) is 4.57. The lowest BCUT2D eigenvalue weighted by Crippen LogP contribution is -2.04. The first-order chi connectivity index (χ1) is 6.81. The first-order valence-electron chi connectivity index (χ1n) is 4.64. The molecule has 0 aromatic heterocycles. The lowest BCUT2D eigenvalue weighted by molar-refractivity contribution is 0.993. The predicted octanol–water partition coefficient (Wildman–Crippen LogP) is 3.25. The maximum Gasteiger partial charge on any atom is 0.0983 e. The van der Waals surface area contributed by atoms with Gasteiger partial charge in [-0.3, -0.25) is 4.99 Å². The predicted molar refractivity (Wildman–Crippen MR) is 67.8 cm³/mol. The molecular formula is C11H12BrNS. The van der Waals surface area contributed by atoms with E-state index in [2.05, 4.69) is 52.1 Å². The Morgan fingerprint density at radius 3 is 2.93 bits per heavy atom. The SMILES string of the molecule is Cc1ccccc1C1=NCC(CBr)S1. The number of rotatable bonds is 2. The van der Waals surface area contributed by atoms with Crippen molar-refractivity contribution in [3.8, 4) is 0 Å². The Hall–Kier alpha value is -0.280. The molecule has 0 N–H and O–H groups in total. The van der Waals surface area contributed by atoms with Crippen molar-refractivity contribution in [1.29, 1.82) is 0 Å². The van der Waals surface area contributed by atoms with Gasteiger partial charge in [-0.05, 0) is 12.5 Å². The topological polar surface area (TPSA) is 12.4 Å². The van der Waals surface area contributed by atoms with Gasteiger partial charge in [0.05, 0.1) is 11.6 Å². The van der Waals surface area contributed by atoms with Crippen molar-refractivity contribution in [2.24, 2.45) is 4.99 Å². The van der Waals surface area contributed by atoms with Crippen LogP contribution in [0.4, 0.5) is 0 Å². The van der Waals surface area contributed by atoms with Gasteiger partial charge < -0.3 is 0 Å². The standard InChI is InChI=1S/C11H12BrNS/c1-8-4-2-3-5-10(8)11-13-7-9(6-12)14-11/h2-5,9H,6-7H2,1H3. The second kappa shape index (κ2) is 4.49. The lowest BCUT2D eigenvalue weighted by Gasteiger charge is -2.05. The molecule has 1 unspecified atom stereocenters. The van der Waals surface area contributed by atoms with Crippen molar-refractivity contribution in [3.63, 3.8) is 0 Å². The minimum atomic E-state index is 0.615. The van der Waals surface area contributed by atoms with Crippen LogP contribution in [-0.2, 0) is 0 Å². The van der Waals surface area contributed by atoms with Crippen molar-refractivity contribution < 1.29 is 0 Å². The highest BCUT2D eigenvalue weighted by atomic mass is 79.9. The maximum absolute atomic E-state index is 4.57. The molecule has 0 bridgehead atoms. The van der Waals surface area contributed by atoms with Crippen LogP contribution >= 0.6 is 27.7 Å². The van der Waals surface area contributed by atoms with E-state index in [9.17, 15) is 0 Å². The average Bonchev–Trinajstić information content (AvgIpc) is 2.67. The van der Waals surface area contributed by atoms with Crippen molar-refractivity contribution in [2.45, 2.75) is 12.2 Å². The van der Waals surface area contributed by atoms with Crippen LogP contribution in [0.15, 0.2) is 29.3 Å². The third-order valence-corrected chi connectivity index (χ3v) is 4.70. The molecule has 0 saturated carbocycles. The normalized spacial score (nSPS) is 21.0. The van der Waals surface area contributed by atoms with E-state index in [-0.39, 0.29) is 0 Å². The average molecular weight is 270 g/mol. The van der Waals surface area contributed by atoms with E-state index in [4.69, 9.17) is 0 Å². The molecule has 0 amide bonds. The summed E-state index contributed by atoms with van der Waals surface area (Å²) in [5.41, 5.74) is 2.61. The van der Waals surface area contributed by atoms with Crippen LogP contribution in [0, 0.1) is 6.92 Å². The van der Waals surface area contributed by atoms with Crippen molar-refractivity contribution in [1.82, 2.24) is 0 Å². The van der Waals surface area contributed by atoms with Gasteiger partial charge >= 0.3 is 0 Å². The molecule has 1 aliphatic heterocycles. The number of hydrogen-bond acceptors (Lipinski definition) is 2. The summed E-state index contributed by atoms with van der Waals surface area (Å²) in [6, 6.07) is 8.44. The summed E-state index contributed by atoms with van der Waals surface area (Å²) < 4.78 is 0. The van der Waals surface area contributed by atoms with Gasteiger partial charge in [0.15, 0.2) is 0 Å². The molecule has 0 aliphatic carbocycles. The Labute approximate surface area is 97.1 Å². The number of benzene rings is 1. The zero-order valence-corrected chi connectivity index (χ0v) is 10.4. The second-order valence-corrected chi connectivity index (χ2v) is 5.29. The number of hydrogen-bond donors (Lipinski definition) is 0. The van der Waals surface area contributed by atoms with E-state index < -0.39 is 0 Å². The number of aliphatic imine (C=N–C) groups is 1. The number of thioether (sulfide) groups is 1. The molecule has 0 spiro atoms. The van der Waals surface area contributed by atoms with Gasteiger partial charge in [0.1, 0.15) is 0 Å². The summed E-state index contributed by atoms with van der Waals surface area (Å²) in [6.07, 6.45) is 0. The van der Waals surface area contributed by atoms with Crippen LogP contribution in [0.3, 0.4) is 0 Å². The smallest absolute Gasteiger partial charge is 0.0983 e. The van der Waals surface area contributed by atoms with Crippen molar-refractivity contribution >= 4 is 32.7 Å². The van der Waals surface area contributed by atoms with Crippen molar-refractivity contribution in [2.75, 3.05) is 11.9 Å². The highest BCUT2D eigenvalue weighted by molar-refractivity contribution is 9.09. The fraction of sp³-hybridized carbons (Fsp3) is 0.364. The molecule has 0 fully saturated rings. The van der Waals surface area contributed by atoms with E-state index in [0.29, 0.717) is 5.25 Å². The van der Waals surface area contributed by atoms with Gasteiger partial charge in [-0.1, -0.05) is 40.2 Å². The van der Waals surface area contributed by atoms with Crippen LogP contribution in [0.2, 0.25) is 0 Å². The fourth-order valence-electron chi connectivity index (χ4n) is 1.46. The minimum Gasteiger partial charge on any atom is -0.277 e. The number of halogens is 1. The minimum absolute atomic E-state index is 0.615. The lowest BCUT2D eigenvalue weighted by atomic mass is 10.1. The monoisotopic (exact) mass is 269 g/mol. The third-order valence-electron chi connectivity index (χ3n) is 2.26. The van der Waals surface area contributed by atoms with Gasteiger partial charge in [0.2, 0.25) is 0 Å². The zero-order valence-electron chi connectivity index (χ0n) is 8.03. The summed E-state index contributed by atoms with van der Waals surface area (Å²) in [7, 11) is 0. The molecule has 2 rings (SSSR count). The Bertz CT molecular complexity index is 362. The number of alkyl halides is 1. The molecule has 1 aromatic carbocycles. The molecule has 1 aromatic rings. The highest BCUT2D eigenvalue weighted by Gasteiger charge is 2.20. The first kappa shape index (κ1) is 10.2. The number of nitrogens with zero attached hydrogens (tertiary/aromatic N) is 1. The van der Waals surface area contributed by atoms with Crippen LogP contribution < -0.4 is 0 Å². The van der Waals surface area contributed by atoms with E-state index in [1.54, 1.807) is 0 Å². The van der Waals surface area contributed by atoms with Crippen molar-refractivity contribution in [3.05, 3.63) is 35.4 Å². The van der Waals surface area contributed by atoms with E-state index in [0.717, 1.165) is 11.9 Å². The van der Waals surface area contributed by atoms with Crippen LogP contribution in [0.25, 0.3) is 0 Å². The summed E-state index contributed by atoms with van der Waals surface area (Å²) in [5.74, 6) is 0. The van der Waals surface area contributed by atoms with Crippen LogP contribution in [0.1, 0.15) is 11.1 Å². The Morgan fingerprint density at radius 2 is 2.29 bits per heavy atom. The Kier molecular flexibility index (Phi) is 3.29. The number of aryl methyl sites for hydroxylation is 1. The molecule has 74 valence electrons. The molecular weight excluding hydrogens is 258 g/mol. The Morgan fingerprint density at radius 1 is 1.50 bits per heavy atom.